The number of carbonyl (C=O) groups excluding carboxylic acids is 1. The molecule has 9 nitrogen and oxygen atoms in total. The van der Waals surface area contributed by atoms with Gasteiger partial charge in [-0.1, -0.05) is 39.7 Å². The maximum absolute atomic E-state index is 14.3. The highest BCUT2D eigenvalue weighted by molar-refractivity contribution is 7.90. The van der Waals surface area contributed by atoms with E-state index in [1.54, 1.807) is 6.07 Å². The number of hydrogen-bond donors (Lipinski definition) is 3. The van der Waals surface area contributed by atoms with Crippen LogP contribution in [0.3, 0.4) is 0 Å². The minimum absolute atomic E-state index is 0.00598. The number of nitrogens with zero attached hydrogens (tertiary/aromatic N) is 2. The Morgan fingerprint density at radius 2 is 1.89 bits per heavy atom. The zero-order valence-electron chi connectivity index (χ0n) is 21.1. The molecule has 37 heavy (non-hydrogen) atoms. The largest absolute Gasteiger partial charge is 0.493 e. The number of amides is 1. The smallest absolute Gasteiger partial charge is 0.281 e. The summed E-state index contributed by atoms with van der Waals surface area (Å²) >= 11 is 0. The lowest BCUT2D eigenvalue weighted by Gasteiger charge is -2.14. The van der Waals surface area contributed by atoms with Crippen LogP contribution in [0, 0.1) is 11.7 Å². The van der Waals surface area contributed by atoms with Crippen LogP contribution in [0.4, 0.5) is 16.0 Å². The lowest BCUT2D eigenvalue weighted by Crippen LogP contribution is -2.32. The second-order valence-corrected chi connectivity index (χ2v) is 10.6. The molecule has 11 heteroatoms. The molecule has 1 aromatic carbocycles. The van der Waals surface area contributed by atoms with E-state index in [1.807, 2.05) is 18.6 Å². The fourth-order valence-corrected chi connectivity index (χ4v) is 4.33. The van der Waals surface area contributed by atoms with Gasteiger partial charge in [0.05, 0.1) is 17.9 Å². The zero-order valence-corrected chi connectivity index (χ0v) is 21.9. The predicted molar refractivity (Wildman–Crippen MR) is 141 cm³/mol. The second kappa shape index (κ2) is 12.5. The van der Waals surface area contributed by atoms with E-state index in [2.05, 4.69) is 22.2 Å². The molecule has 2 heterocycles. The summed E-state index contributed by atoms with van der Waals surface area (Å²) < 4.78 is 47.4. The Bertz CT molecular complexity index is 1350. The van der Waals surface area contributed by atoms with Crippen LogP contribution in [0.25, 0.3) is 11.3 Å². The van der Waals surface area contributed by atoms with Gasteiger partial charge >= 0.3 is 0 Å². The van der Waals surface area contributed by atoms with E-state index in [-0.39, 0.29) is 28.1 Å². The third-order valence-corrected chi connectivity index (χ3v) is 6.44. The first-order valence-electron chi connectivity index (χ1n) is 12.1. The number of pyridine rings is 2. The van der Waals surface area contributed by atoms with Crippen LogP contribution in [0.2, 0.25) is 0 Å². The van der Waals surface area contributed by atoms with Crippen LogP contribution in [0.5, 0.6) is 5.75 Å². The lowest BCUT2D eigenvalue weighted by atomic mass is 10.1. The number of halogens is 1. The number of ether oxygens (including phenoxy) is 1. The van der Waals surface area contributed by atoms with Crippen LogP contribution in [-0.2, 0) is 10.0 Å². The van der Waals surface area contributed by atoms with Crippen molar-refractivity contribution in [2.75, 3.05) is 24.2 Å². The molecule has 0 radical (unpaired) electrons. The van der Waals surface area contributed by atoms with Crippen LogP contribution < -0.4 is 20.5 Å². The molecule has 0 atom stereocenters. The van der Waals surface area contributed by atoms with E-state index in [0.717, 1.165) is 19.3 Å². The van der Waals surface area contributed by atoms with Crippen molar-refractivity contribution < 1.29 is 22.3 Å². The Kier molecular flexibility index (Phi) is 9.40. The van der Waals surface area contributed by atoms with Gasteiger partial charge in [-0.3, -0.25) is 4.79 Å². The topological polar surface area (TPSA) is 136 Å². The summed E-state index contributed by atoms with van der Waals surface area (Å²) in [5, 5.41) is 2.74. The number of sulfonamides is 1. The third-order valence-electron chi connectivity index (χ3n) is 5.21. The molecular formula is C26H32FN5O4S. The molecule has 0 unspecified atom stereocenters. The molecule has 0 fully saturated rings. The van der Waals surface area contributed by atoms with Crippen molar-refractivity contribution in [2.45, 2.75) is 45.1 Å². The fourth-order valence-electron chi connectivity index (χ4n) is 3.39. The Labute approximate surface area is 216 Å². The fraction of sp³-hybridized carbons (Fsp3) is 0.346. The normalized spacial score (nSPS) is 11.4. The predicted octanol–water partition coefficient (Wildman–Crippen LogP) is 4.62. The molecule has 0 aliphatic heterocycles. The van der Waals surface area contributed by atoms with Crippen molar-refractivity contribution in [2.24, 2.45) is 5.92 Å². The van der Waals surface area contributed by atoms with E-state index in [1.165, 1.54) is 42.5 Å². The van der Waals surface area contributed by atoms with Gasteiger partial charge in [-0.15, -0.1) is 0 Å². The molecule has 2 aromatic heterocycles. The quantitative estimate of drug-likeness (QED) is 0.289. The Balaban J connectivity index is 1.93. The monoisotopic (exact) mass is 529 g/mol. The van der Waals surface area contributed by atoms with E-state index in [0.29, 0.717) is 30.2 Å². The second-order valence-electron chi connectivity index (χ2n) is 8.94. The zero-order chi connectivity index (χ0) is 27.0. The van der Waals surface area contributed by atoms with E-state index in [4.69, 9.17) is 10.5 Å². The summed E-state index contributed by atoms with van der Waals surface area (Å²) in [5.41, 5.74) is 6.45. The maximum Gasteiger partial charge on any atom is 0.281 e. The molecule has 0 spiro atoms. The van der Waals surface area contributed by atoms with Gasteiger partial charge in [0.1, 0.15) is 23.2 Å². The number of nitrogens with two attached hydrogens (primary N) is 1. The van der Waals surface area contributed by atoms with Gasteiger partial charge in [0, 0.05) is 18.2 Å². The number of unbranched alkanes of at least 4 members (excludes halogenated alkanes) is 2. The lowest BCUT2D eigenvalue weighted by molar-refractivity contribution is 0.0982. The number of hydrogen-bond acceptors (Lipinski definition) is 8. The molecule has 0 saturated heterocycles. The number of nitrogen functional groups attached to an aromatic ring is 1. The summed E-state index contributed by atoms with van der Waals surface area (Å²) in [5.74, 6) is -0.562. The highest BCUT2D eigenvalue weighted by atomic mass is 32.2. The van der Waals surface area contributed by atoms with E-state index >= 15 is 0 Å². The van der Waals surface area contributed by atoms with Gasteiger partial charge in [-0.25, -0.2) is 19.1 Å². The Hall–Kier alpha value is -3.73. The van der Waals surface area contributed by atoms with Crippen molar-refractivity contribution >= 4 is 27.6 Å². The highest BCUT2D eigenvalue weighted by Crippen LogP contribution is 2.27. The molecule has 1 amide bonds. The van der Waals surface area contributed by atoms with Gasteiger partial charge in [0.2, 0.25) is 0 Å². The van der Waals surface area contributed by atoms with Gasteiger partial charge in [0.25, 0.3) is 15.9 Å². The standard InChI is InChI=1S/C26H32FN5O4S/c1-4-5-6-12-29-25-21(26(33)32-37(34,35)24-9-7-8-23(28)31-24)10-11-22(30-25)18-13-19(27)15-20(14-18)36-16-17(2)3/h7-11,13-15,17H,4-6,12,16H2,1-3H3,(H2,28,31)(H,29,30)(H,32,33). The van der Waals surface area contributed by atoms with Crippen molar-refractivity contribution in [1.29, 1.82) is 0 Å². The molecule has 198 valence electrons. The molecule has 0 saturated carbocycles. The summed E-state index contributed by atoms with van der Waals surface area (Å²) in [6, 6.07) is 11.4. The van der Waals surface area contributed by atoms with Crippen molar-refractivity contribution in [3.63, 3.8) is 0 Å². The minimum Gasteiger partial charge on any atom is -0.493 e. The highest BCUT2D eigenvalue weighted by Gasteiger charge is 2.23. The van der Waals surface area contributed by atoms with Crippen LogP contribution in [0.1, 0.15) is 50.4 Å². The molecule has 0 bridgehead atoms. The van der Waals surface area contributed by atoms with Gasteiger partial charge in [0.15, 0.2) is 5.03 Å². The van der Waals surface area contributed by atoms with Crippen LogP contribution >= 0.6 is 0 Å². The molecule has 3 aromatic rings. The summed E-state index contributed by atoms with van der Waals surface area (Å²) in [6.45, 7) is 6.99. The first-order valence-corrected chi connectivity index (χ1v) is 13.6. The van der Waals surface area contributed by atoms with Crippen LogP contribution in [0.15, 0.2) is 53.6 Å². The SMILES string of the molecule is CCCCCNc1nc(-c2cc(F)cc(OCC(C)C)c2)ccc1C(=O)NS(=O)(=O)c1cccc(N)n1. The van der Waals surface area contributed by atoms with Gasteiger partial charge < -0.3 is 15.8 Å². The van der Waals surface area contributed by atoms with Crippen molar-refractivity contribution in [3.05, 3.63) is 59.9 Å². The number of benzene rings is 1. The summed E-state index contributed by atoms with van der Waals surface area (Å²) in [7, 11) is -4.28. The first-order chi connectivity index (χ1) is 17.6. The number of aromatic nitrogens is 2. The summed E-state index contributed by atoms with van der Waals surface area (Å²) in [4.78, 5) is 21.3. The number of carbonyl (C=O) groups is 1. The van der Waals surface area contributed by atoms with Gasteiger partial charge in [-0.05, 0) is 48.7 Å². The third kappa shape index (κ3) is 7.88. The Morgan fingerprint density at radius 1 is 1.11 bits per heavy atom. The maximum atomic E-state index is 14.3. The average Bonchev–Trinajstić information content (AvgIpc) is 2.84. The van der Waals surface area contributed by atoms with Crippen LogP contribution in [-0.4, -0.2) is 37.4 Å². The van der Waals surface area contributed by atoms with Gasteiger partial charge in [-0.2, -0.15) is 8.42 Å². The van der Waals surface area contributed by atoms with E-state index < -0.39 is 21.7 Å². The molecule has 4 N–H and O–H groups in total. The minimum atomic E-state index is -4.28. The molecular weight excluding hydrogens is 497 g/mol. The molecule has 0 aliphatic carbocycles. The average molecular weight is 530 g/mol. The number of rotatable bonds is 12. The molecule has 3 rings (SSSR count). The first kappa shape index (κ1) is 27.9. The Morgan fingerprint density at radius 3 is 2.59 bits per heavy atom. The number of nitrogens with one attached hydrogen (secondary N) is 2. The van der Waals surface area contributed by atoms with Crippen molar-refractivity contribution in [1.82, 2.24) is 14.7 Å². The summed E-state index contributed by atoms with van der Waals surface area (Å²) in [6.07, 6.45) is 2.78. The van der Waals surface area contributed by atoms with Crippen molar-refractivity contribution in [3.8, 4) is 17.0 Å². The van der Waals surface area contributed by atoms with E-state index in [9.17, 15) is 17.6 Å². The molecule has 0 aliphatic rings. The number of anilines is 2.